The summed E-state index contributed by atoms with van der Waals surface area (Å²) in [6.07, 6.45) is 11.3. The maximum absolute atomic E-state index is 12.5. The van der Waals surface area contributed by atoms with Crippen LogP contribution >= 0.6 is 11.3 Å². The number of carbonyl (C=O) groups excluding carboxylic acids is 2. The molecule has 0 radical (unpaired) electrons. The van der Waals surface area contributed by atoms with Gasteiger partial charge in [-0.05, 0) is 105 Å². The number of ether oxygens (including phenoxy) is 1. The summed E-state index contributed by atoms with van der Waals surface area (Å²) in [4.78, 5) is 27.0. The Morgan fingerprint density at radius 3 is 2.52 bits per heavy atom. The molecule has 1 N–H and O–H groups in total. The molecule has 1 heterocycles. The maximum Gasteiger partial charge on any atom is 0.348 e. The van der Waals surface area contributed by atoms with Crippen LogP contribution in [0.3, 0.4) is 0 Å². The number of esters is 1. The lowest BCUT2D eigenvalue weighted by atomic mass is 9.48. The zero-order valence-corrected chi connectivity index (χ0v) is 18.5. The van der Waals surface area contributed by atoms with E-state index in [4.69, 9.17) is 4.74 Å². The quantitative estimate of drug-likeness (QED) is 0.706. The Kier molecular flexibility index (Phi) is 5.00. The van der Waals surface area contributed by atoms with Crippen LogP contribution in [0.1, 0.15) is 78.9 Å². The monoisotopic (exact) mass is 415 g/mol. The van der Waals surface area contributed by atoms with Crippen molar-refractivity contribution in [2.75, 3.05) is 6.61 Å². The number of thiophene rings is 1. The van der Waals surface area contributed by atoms with E-state index in [1.54, 1.807) is 11.3 Å². The highest BCUT2D eigenvalue weighted by Crippen LogP contribution is 2.61. The fourth-order valence-electron chi connectivity index (χ4n) is 7.15. The van der Waals surface area contributed by atoms with Crippen molar-refractivity contribution < 1.29 is 14.3 Å². The molecule has 4 saturated carbocycles. The zero-order valence-electron chi connectivity index (χ0n) is 17.7. The van der Waals surface area contributed by atoms with Crippen LogP contribution in [0.4, 0.5) is 0 Å². The van der Waals surface area contributed by atoms with Crippen molar-refractivity contribution >= 4 is 23.2 Å². The first-order valence-electron chi connectivity index (χ1n) is 11.5. The van der Waals surface area contributed by atoms with Gasteiger partial charge in [-0.15, -0.1) is 11.3 Å². The Labute approximate surface area is 177 Å². The second-order valence-electron chi connectivity index (χ2n) is 10.6. The molecule has 1 amide bonds. The van der Waals surface area contributed by atoms with Crippen LogP contribution in [0.5, 0.6) is 0 Å². The normalized spacial score (nSPS) is 35.8. The predicted molar refractivity (Wildman–Crippen MR) is 114 cm³/mol. The first-order valence-corrected chi connectivity index (χ1v) is 12.3. The Morgan fingerprint density at radius 1 is 1.21 bits per heavy atom. The molecule has 2 atom stereocenters. The molecular formula is C24H33NO3S. The molecule has 5 heteroatoms. The minimum Gasteiger partial charge on any atom is -0.451 e. The first-order chi connectivity index (χ1) is 13.9. The SMILES string of the molecule is C[C@H]1CCc2sc(C(=O)OCC(=O)N[C@H](C)C34CC5CC(CC(C5)C3)C4)cc2C1. The van der Waals surface area contributed by atoms with E-state index in [1.165, 1.54) is 55.4 Å². The molecule has 29 heavy (non-hydrogen) atoms. The number of aryl methyl sites for hydroxylation is 1. The van der Waals surface area contributed by atoms with Gasteiger partial charge in [0.15, 0.2) is 6.61 Å². The van der Waals surface area contributed by atoms with Gasteiger partial charge in [-0.2, -0.15) is 0 Å². The zero-order chi connectivity index (χ0) is 20.2. The van der Waals surface area contributed by atoms with Gasteiger partial charge in [-0.1, -0.05) is 6.92 Å². The van der Waals surface area contributed by atoms with Gasteiger partial charge in [0.1, 0.15) is 4.88 Å². The number of hydrogen-bond donors (Lipinski definition) is 1. The predicted octanol–water partition coefficient (Wildman–Crippen LogP) is 4.75. The standard InChI is InChI=1S/C24H33NO3S/c1-14-3-4-20-19(5-14)9-21(29-20)23(27)28-13-22(26)25-15(2)24-10-16-6-17(11-24)8-18(7-16)12-24/h9,14-18H,3-8,10-13H2,1-2H3,(H,25,26)/t14-,15+,16?,17?,18?,24?/m0/s1. The van der Waals surface area contributed by atoms with E-state index in [2.05, 4.69) is 19.2 Å². The average molecular weight is 416 g/mol. The summed E-state index contributed by atoms with van der Waals surface area (Å²) < 4.78 is 5.37. The van der Waals surface area contributed by atoms with Crippen LogP contribution in [0.15, 0.2) is 6.07 Å². The third-order valence-electron chi connectivity index (χ3n) is 8.25. The Balaban J connectivity index is 1.15. The third kappa shape index (κ3) is 3.75. The second kappa shape index (κ2) is 7.40. The topological polar surface area (TPSA) is 55.4 Å². The molecule has 6 rings (SSSR count). The minimum atomic E-state index is -0.352. The summed E-state index contributed by atoms with van der Waals surface area (Å²) in [6, 6.07) is 2.14. The van der Waals surface area contributed by atoms with E-state index in [9.17, 15) is 9.59 Å². The van der Waals surface area contributed by atoms with E-state index in [0.29, 0.717) is 10.8 Å². The molecule has 4 bridgehead atoms. The van der Waals surface area contributed by atoms with Crippen LogP contribution < -0.4 is 5.32 Å². The van der Waals surface area contributed by atoms with Gasteiger partial charge >= 0.3 is 5.97 Å². The van der Waals surface area contributed by atoms with Crippen LogP contribution in [-0.2, 0) is 22.4 Å². The molecule has 0 saturated heterocycles. The molecule has 1 aromatic heterocycles. The second-order valence-corrected chi connectivity index (χ2v) is 11.7. The van der Waals surface area contributed by atoms with Gasteiger partial charge < -0.3 is 10.1 Å². The Hall–Kier alpha value is -1.36. The highest BCUT2D eigenvalue weighted by Gasteiger charge is 2.53. The van der Waals surface area contributed by atoms with Crippen molar-refractivity contribution in [2.45, 2.75) is 77.7 Å². The molecule has 0 unspecified atom stereocenters. The Bertz CT molecular complexity index is 778. The molecular weight excluding hydrogens is 382 g/mol. The van der Waals surface area contributed by atoms with E-state index >= 15 is 0 Å². The molecule has 1 aromatic rings. The van der Waals surface area contributed by atoms with Crippen LogP contribution in [0, 0.1) is 29.1 Å². The van der Waals surface area contributed by atoms with Gasteiger partial charge in [-0.3, -0.25) is 4.79 Å². The molecule has 0 aliphatic heterocycles. The molecule has 4 fully saturated rings. The highest BCUT2D eigenvalue weighted by atomic mass is 32.1. The summed E-state index contributed by atoms with van der Waals surface area (Å²) in [5.41, 5.74) is 1.57. The third-order valence-corrected chi connectivity index (χ3v) is 9.46. The summed E-state index contributed by atoms with van der Waals surface area (Å²) in [6.45, 7) is 4.25. The number of amides is 1. The van der Waals surface area contributed by atoms with Crippen molar-refractivity contribution in [2.24, 2.45) is 29.1 Å². The van der Waals surface area contributed by atoms with Crippen molar-refractivity contribution in [3.63, 3.8) is 0 Å². The molecule has 158 valence electrons. The number of carbonyl (C=O) groups is 2. The first kappa shape index (κ1) is 19.6. The van der Waals surface area contributed by atoms with Gasteiger partial charge in [0.05, 0.1) is 0 Å². The van der Waals surface area contributed by atoms with Crippen LogP contribution in [0.2, 0.25) is 0 Å². The van der Waals surface area contributed by atoms with Gasteiger partial charge in [-0.25, -0.2) is 4.79 Å². The summed E-state index contributed by atoms with van der Waals surface area (Å²) in [5.74, 6) is 2.77. The Morgan fingerprint density at radius 2 is 1.86 bits per heavy atom. The smallest absolute Gasteiger partial charge is 0.348 e. The van der Waals surface area contributed by atoms with Crippen LogP contribution in [-0.4, -0.2) is 24.5 Å². The lowest BCUT2D eigenvalue weighted by Gasteiger charge is -2.59. The summed E-state index contributed by atoms with van der Waals surface area (Å²) in [7, 11) is 0. The molecule has 4 nitrogen and oxygen atoms in total. The van der Waals surface area contributed by atoms with Crippen molar-refractivity contribution in [3.8, 4) is 0 Å². The summed E-state index contributed by atoms with van der Waals surface area (Å²) in [5, 5.41) is 3.19. The highest BCUT2D eigenvalue weighted by molar-refractivity contribution is 7.14. The number of nitrogens with one attached hydrogen (secondary N) is 1. The number of rotatable bonds is 5. The van der Waals surface area contributed by atoms with E-state index in [-0.39, 0.29) is 29.9 Å². The van der Waals surface area contributed by atoms with Gasteiger partial charge in [0, 0.05) is 10.9 Å². The van der Waals surface area contributed by atoms with Crippen molar-refractivity contribution in [1.29, 1.82) is 0 Å². The van der Waals surface area contributed by atoms with Gasteiger partial charge in [0.25, 0.3) is 5.91 Å². The van der Waals surface area contributed by atoms with Crippen LogP contribution in [0.25, 0.3) is 0 Å². The average Bonchev–Trinajstić information content (AvgIpc) is 3.08. The summed E-state index contributed by atoms with van der Waals surface area (Å²) >= 11 is 1.54. The van der Waals surface area contributed by atoms with Crippen molar-refractivity contribution in [3.05, 3.63) is 21.4 Å². The van der Waals surface area contributed by atoms with Crippen molar-refractivity contribution in [1.82, 2.24) is 5.32 Å². The fraction of sp³-hybridized carbons (Fsp3) is 0.750. The lowest BCUT2D eigenvalue weighted by molar-refractivity contribution is -0.128. The number of fused-ring (bicyclic) bond motifs is 1. The maximum atomic E-state index is 12.5. The largest absolute Gasteiger partial charge is 0.451 e. The van der Waals surface area contributed by atoms with E-state index < -0.39 is 0 Å². The van der Waals surface area contributed by atoms with Gasteiger partial charge in [0.2, 0.25) is 0 Å². The van der Waals surface area contributed by atoms with E-state index in [0.717, 1.165) is 30.6 Å². The lowest BCUT2D eigenvalue weighted by Crippen LogP contribution is -2.56. The molecule has 5 aliphatic carbocycles. The molecule has 0 spiro atoms. The fourth-order valence-corrected chi connectivity index (χ4v) is 8.25. The van der Waals surface area contributed by atoms with E-state index in [1.807, 2.05) is 6.07 Å². The number of hydrogen-bond acceptors (Lipinski definition) is 4. The minimum absolute atomic E-state index is 0.156. The molecule has 0 aromatic carbocycles. The molecule has 5 aliphatic rings.